The van der Waals surface area contributed by atoms with E-state index in [-0.39, 0.29) is 23.2 Å². The average molecular weight is 877 g/mol. The molecule has 16 nitrogen and oxygen atoms in total. The Bertz CT molecular complexity index is 2690. The highest BCUT2D eigenvalue weighted by Gasteiger charge is 2.21. The fraction of sp³-hybridized carbons (Fsp3) is 0.238. The Kier molecular flexibility index (Phi) is 14.5. The first-order valence-electron chi connectivity index (χ1n) is 19.3. The molecule has 316 valence electrons. The van der Waals surface area contributed by atoms with Crippen LogP contribution in [0.2, 0.25) is 0 Å². The largest absolute Gasteiger partial charge is 0.492 e. The highest BCUT2D eigenvalue weighted by molar-refractivity contribution is 7.17. The van der Waals surface area contributed by atoms with Crippen LogP contribution in [-0.2, 0) is 25.9 Å². The van der Waals surface area contributed by atoms with Gasteiger partial charge in [0.15, 0.2) is 21.6 Å². The van der Waals surface area contributed by atoms with E-state index in [2.05, 4.69) is 50.9 Å². The van der Waals surface area contributed by atoms with Crippen molar-refractivity contribution in [3.8, 4) is 33.2 Å². The number of Topliss-reactive ketones (excluding diaryl/α,β-unsaturated/α-hetero) is 2. The fourth-order valence-corrected chi connectivity index (χ4v) is 7.81. The Morgan fingerprint density at radius 3 is 1.74 bits per heavy atom. The van der Waals surface area contributed by atoms with Crippen LogP contribution in [0.15, 0.2) is 97.6 Å². The second-order valence-corrected chi connectivity index (χ2v) is 15.5. The lowest BCUT2D eigenvalue weighted by atomic mass is 10.1. The van der Waals surface area contributed by atoms with Crippen molar-refractivity contribution in [2.75, 3.05) is 13.2 Å². The molecule has 20 heteroatoms. The molecule has 0 N–H and O–H groups in total. The lowest BCUT2D eigenvalue weighted by Crippen LogP contribution is -2.11. The summed E-state index contributed by atoms with van der Waals surface area (Å²) in [4.78, 5) is 45.1. The van der Waals surface area contributed by atoms with Crippen molar-refractivity contribution in [2.24, 2.45) is 0 Å². The van der Waals surface area contributed by atoms with Crippen LogP contribution in [-0.4, -0.2) is 85.1 Å². The molecule has 62 heavy (non-hydrogen) atoms. The Labute approximate surface area is 361 Å². The van der Waals surface area contributed by atoms with Gasteiger partial charge >= 0.3 is 0 Å². The number of hydrogen-bond acceptors (Lipinski definition) is 16. The maximum absolute atomic E-state index is 13.0. The fourth-order valence-electron chi connectivity index (χ4n) is 5.83. The summed E-state index contributed by atoms with van der Waals surface area (Å²) >= 11 is 2.55. The van der Waals surface area contributed by atoms with Crippen LogP contribution in [0.4, 0.5) is 8.78 Å². The minimum absolute atomic E-state index is 0.0313. The zero-order chi connectivity index (χ0) is 43.3. The molecule has 8 aromatic rings. The Morgan fingerprint density at radius 1 is 0.661 bits per heavy atom. The molecular formula is C42H38F2N12O4S2. The van der Waals surface area contributed by atoms with Crippen LogP contribution < -0.4 is 9.47 Å². The lowest BCUT2D eigenvalue weighted by Gasteiger charge is -2.06. The van der Waals surface area contributed by atoms with E-state index in [0.717, 1.165) is 11.1 Å². The van der Waals surface area contributed by atoms with Crippen molar-refractivity contribution in [3.63, 3.8) is 0 Å². The summed E-state index contributed by atoms with van der Waals surface area (Å²) in [7, 11) is 0. The van der Waals surface area contributed by atoms with Gasteiger partial charge in [-0.25, -0.2) is 23.4 Å². The maximum Gasteiger partial charge on any atom is 0.233 e. The van der Waals surface area contributed by atoms with Gasteiger partial charge in [-0.05, 0) is 114 Å². The Balaban J connectivity index is 0.000000186. The second-order valence-electron chi connectivity index (χ2n) is 13.5. The maximum atomic E-state index is 13.0. The topological polar surface area (TPSA) is 191 Å². The van der Waals surface area contributed by atoms with E-state index in [0.29, 0.717) is 106 Å². The predicted octanol–water partition coefficient (Wildman–Crippen LogP) is 7.07. The molecule has 8 rings (SSSR count). The van der Waals surface area contributed by atoms with Crippen molar-refractivity contribution in [1.82, 2.24) is 60.4 Å². The van der Waals surface area contributed by atoms with E-state index < -0.39 is 0 Å². The van der Waals surface area contributed by atoms with Crippen LogP contribution in [0.5, 0.6) is 11.5 Å². The molecule has 6 aromatic heterocycles. The van der Waals surface area contributed by atoms with Crippen LogP contribution in [0, 0.1) is 25.5 Å². The number of halogens is 2. The van der Waals surface area contributed by atoms with Gasteiger partial charge in [0.25, 0.3) is 0 Å². The third kappa shape index (κ3) is 11.8. The standard InChI is InChI=1S/2C21H19FN6O2S/c1-14-19(18(29)9-4-15-3-2-10-23-13-15)31-21(24-14)20-25-26-27-28(20)11-12-30-17-7-5-16(22)6-8-17;1-14-19(18(29)9-4-15-3-2-10-23-13-15)31-21(24-14)20-25-27-28(26-20)11-12-30-17-7-5-16(22)6-8-17/h2*2-3,5-8,10,13H,4,9,11-12H2,1H3. The molecule has 0 unspecified atom stereocenters. The van der Waals surface area contributed by atoms with Crippen LogP contribution in [0.3, 0.4) is 0 Å². The molecule has 0 bridgehead atoms. The predicted molar refractivity (Wildman–Crippen MR) is 225 cm³/mol. The third-order valence-corrected chi connectivity index (χ3v) is 11.3. The van der Waals surface area contributed by atoms with Gasteiger partial charge in [-0.1, -0.05) is 12.1 Å². The van der Waals surface area contributed by atoms with Crippen LogP contribution in [0.1, 0.15) is 54.7 Å². The summed E-state index contributed by atoms with van der Waals surface area (Å²) in [5.74, 6) is 1.38. The summed E-state index contributed by atoms with van der Waals surface area (Å²) in [6, 6.07) is 19.2. The van der Waals surface area contributed by atoms with Crippen molar-refractivity contribution >= 4 is 34.2 Å². The van der Waals surface area contributed by atoms with Gasteiger partial charge < -0.3 is 9.47 Å². The van der Waals surface area contributed by atoms with Gasteiger partial charge in [0.05, 0.1) is 34.2 Å². The van der Waals surface area contributed by atoms with Crippen molar-refractivity contribution < 1.29 is 27.8 Å². The number of hydrogen-bond donors (Lipinski definition) is 0. The molecule has 0 aliphatic carbocycles. The number of ketones is 2. The molecule has 0 radical (unpaired) electrons. The molecule has 0 aliphatic rings. The van der Waals surface area contributed by atoms with Crippen LogP contribution >= 0.6 is 22.7 Å². The van der Waals surface area contributed by atoms with Crippen molar-refractivity contribution in [1.29, 1.82) is 0 Å². The molecule has 0 amide bonds. The van der Waals surface area contributed by atoms with Gasteiger partial charge in [0.2, 0.25) is 11.6 Å². The lowest BCUT2D eigenvalue weighted by molar-refractivity contribution is 0.0977. The molecule has 0 saturated carbocycles. The molecule has 2 aromatic carbocycles. The highest BCUT2D eigenvalue weighted by atomic mass is 32.1. The van der Waals surface area contributed by atoms with Crippen molar-refractivity contribution in [2.45, 2.75) is 52.6 Å². The number of pyridine rings is 2. The molecule has 0 fully saturated rings. The van der Waals surface area contributed by atoms with E-state index in [1.807, 2.05) is 31.2 Å². The summed E-state index contributed by atoms with van der Waals surface area (Å²) in [6.07, 6.45) is 8.96. The summed E-state index contributed by atoms with van der Waals surface area (Å²) in [5.41, 5.74) is 3.36. The zero-order valence-electron chi connectivity index (χ0n) is 33.5. The molecule has 0 atom stereocenters. The minimum Gasteiger partial charge on any atom is -0.492 e. The second kappa shape index (κ2) is 21.0. The van der Waals surface area contributed by atoms with Crippen LogP contribution in [0.25, 0.3) is 21.7 Å². The smallest absolute Gasteiger partial charge is 0.233 e. The summed E-state index contributed by atoms with van der Waals surface area (Å²) < 4.78 is 38.6. The highest BCUT2D eigenvalue weighted by Crippen LogP contribution is 2.28. The first-order chi connectivity index (χ1) is 30.2. The molecular weight excluding hydrogens is 839 g/mol. The van der Waals surface area contributed by atoms with E-state index >= 15 is 0 Å². The normalized spacial score (nSPS) is 10.9. The number of carbonyl (C=O) groups is 2. The minimum atomic E-state index is -0.319. The monoisotopic (exact) mass is 876 g/mol. The van der Waals surface area contributed by atoms with Gasteiger partial charge in [-0.2, -0.15) is 4.80 Å². The molecule has 0 aliphatic heterocycles. The number of nitrogens with zero attached hydrogens (tertiary/aromatic N) is 12. The number of carbonyl (C=O) groups excluding carboxylic acids is 2. The Hall–Kier alpha value is -7.06. The summed E-state index contributed by atoms with van der Waals surface area (Å²) in [6.45, 7) is 4.96. The first-order valence-corrected chi connectivity index (χ1v) is 20.9. The van der Waals surface area contributed by atoms with Gasteiger partial charge in [0, 0.05) is 37.6 Å². The first kappa shape index (κ1) is 43.0. The zero-order valence-corrected chi connectivity index (χ0v) is 35.1. The average Bonchev–Trinajstić information content (AvgIpc) is 4.12. The number of thiazole rings is 2. The van der Waals surface area contributed by atoms with E-state index in [1.165, 1.54) is 51.7 Å². The van der Waals surface area contributed by atoms with Gasteiger partial charge in [-0.3, -0.25) is 19.6 Å². The van der Waals surface area contributed by atoms with Crippen molar-refractivity contribution in [3.05, 3.63) is 141 Å². The number of tetrazole rings is 2. The van der Waals surface area contributed by atoms with E-state index in [9.17, 15) is 18.4 Å². The number of rotatable bonds is 18. The molecule has 6 heterocycles. The Morgan fingerprint density at radius 2 is 1.19 bits per heavy atom. The third-order valence-electron chi connectivity index (χ3n) is 8.95. The van der Waals surface area contributed by atoms with Gasteiger partial charge in [-0.15, -0.1) is 38.0 Å². The number of ether oxygens (including phenoxy) is 2. The molecule has 0 spiro atoms. The molecule has 0 saturated heterocycles. The SMILES string of the molecule is Cc1nc(-c2nnn(CCOc3ccc(F)cc3)n2)sc1C(=O)CCc1cccnc1.Cc1nc(-c2nnnn2CCOc2ccc(F)cc2)sc1C(=O)CCc1cccnc1. The summed E-state index contributed by atoms with van der Waals surface area (Å²) in [5, 5.41) is 25.3. The van der Waals surface area contributed by atoms with Gasteiger partial charge in [0.1, 0.15) is 36.3 Å². The number of aryl methyl sites for hydroxylation is 4. The number of benzene rings is 2. The number of aromatic nitrogens is 12. The van der Waals surface area contributed by atoms with E-state index in [1.54, 1.807) is 60.7 Å². The van der Waals surface area contributed by atoms with E-state index in [4.69, 9.17) is 9.47 Å². The quantitative estimate of drug-likeness (QED) is 0.0796.